The average Bonchev–Trinajstić information content (AvgIpc) is 2.94. The van der Waals surface area contributed by atoms with Gasteiger partial charge in [-0.2, -0.15) is 5.10 Å². The molecule has 0 atom stereocenters. The highest BCUT2D eigenvalue weighted by Crippen LogP contribution is 2.25. The Hall–Kier alpha value is -2.56. The number of ether oxygens (including phenoxy) is 1. The highest BCUT2D eigenvalue weighted by atomic mass is 16.5. The van der Waals surface area contributed by atoms with Crippen molar-refractivity contribution < 1.29 is 4.74 Å². The lowest BCUT2D eigenvalue weighted by Gasteiger charge is -2.16. The summed E-state index contributed by atoms with van der Waals surface area (Å²) in [5.41, 5.74) is 5.20. The van der Waals surface area contributed by atoms with Crippen LogP contribution in [0.2, 0.25) is 0 Å². The molecule has 5 nitrogen and oxygen atoms in total. The van der Waals surface area contributed by atoms with Crippen molar-refractivity contribution in [1.29, 1.82) is 0 Å². The van der Waals surface area contributed by atoms with Crippen molar-refractivity contribution in [3.63, 3.8) is 0 Å². The molecule has 0 aliphatic carbocycles. The van der Waals surface area contributed by atoms with Gasteiger partial charge in [-0.15, -0.1) is 0 Å². The zero-order chi connectivity index (χ0) is 15.5. The monoisotopic (exact) mass is 296 g/mol. The fourth-order valence-corrected chi connectivity index (χ4v) is 2.32. The molecule has 3 rings (SSSR count). The minimum Gasteiger partial charge on any atom is -0.439 e. The average molecular weight is 296 g/mol. The SMILES string of the molecule is CC1=NNCN1c1ccc(Oc2cccc(C(C)C)c2)nc1. The summed E-state index contributed by atoms with van der Waals surface area (Å²) in [6, 6.07) is 12.0. The van der Waals surface area contributed by atoms with E-state index in [0.29, 0.717) is 18.5 Å². The van der Waals surface area contributed by atoms with Crippen LogP contribution in [0.4, 0.5) is 5.69 Å². The quantitative estimate of drug-likeness (QED) is 0.934. The molecule has 1 aliphatic rings. The summed E-state index contributed by atoms with van der Waals surface area (Å²) < 4.78 is 5.84. The van der Waals surface area contributed by atoms with E-state index in [1.807, 2.05) is 31.2 Å². The summed E-state index contributed by atoms with van der Waals surface area (Å²) in [6.07, 6.45) is 1.80. The number of rotatable bonds is 4. The number of amidine groups is 1. The van der Waals surface area contributed by atoms with E-state index in [0.717, 1.165) is 17.3 Å². The molecule has 0 radical (unpaired) electrons. The smallest absolute Gasteiger partial charge is 0.219 e. The van der Waals surface area contributed by atoms with Crippen LogP contribution in [-0.2, 0) is 0 Å². The normalized spacial score (nSPS) is 14.0. The van der Waals surface area contributed by atoms with Crippen molar-refractivity contribution in [1.82, 2.24) is 10.4 Å². The van der Waals surface area contributed by atoms with E-state index in [4.69, 9.17) is 4.74 Å². The Morgan fingerprint density at radius 3 is 2.73 bits per heavy atom. The molecule has 0 spiro atoms. The number of aromatic nitrogens is 1. The Labute approximate surface area is 130 Å². The first kappa shape index (κ1) is 14.4. The third kappa shape index (κ3) is 3.03. The van der Waals surface area contributed by atoms with Crippen molar-refractivity contribution >= 4 is 11.5 Å². The summed E-state index contributed by atoms with van der Waals surface area (Å²) >= 11 is 0. The maximum absolute atomic E-state index is 5.84. The molecule has 114 valence electrons. The number of nitrogens with one attached hydrogen (secondary N) is 1. The van der Waals surface area contributed by atoms with Gasteiger partial charge in [0.2, 0.25) is 5.88 Å². The zero-order valence-electron chi connectivity index (χ0n) is 13.1. The highest BCUT2D eigenvalue weighted by Gasteiger charge is 2.14. The van der Waals surface area contributed by atoms with Crippen molar-refractivity contribution in [3.05, 3.63) is 48.2 Å². The van der Waals surface area contributed by atoms with Crippen molar-refractivity contribution in [2.75, 3.05) is 11.6 Å². The van der Waals surface area contributed by atoms with Crippen LogP contribution in [0.3, 0.4) is 0 Å². The van der Waals surface area contributed by atoms with E-state index in [1.165, 1.54) is 5.56 Å². The Morgan fingerprint density at radius 1 is 1.23 bits per heavy atom. The minimum atomic E-state index is 0.476. The van der Waals surface area contributed by atoms with Crippen LogP contribution in [0.5, 0.6) is 11.6 Å². The Bertz CT molecular complexity index is 679. The van der Waals surface area contributed by atoms with Crippen molar-refractivity contribution in [2.24, 2.45) is 5.10 Å². The lowest BCUT2D eigenvalue weighted by atomic mass is 10.0. The first-order valence-electron chi connectivity index (χ1n) is 7.42. The van der Waals surface area contributed by atoms with Gasteiger partial charge in [0.25, 0.3) is 0 Å². The second-order valence-corrected chi connectivity index (χ2v) is 5.59. The van der Waals surface area contributed by atoms with Gasteiger partial charge in [-0.25, -0.2) is 4.98 Å². The maximum atomic E-state index is 5.84. The molecule has 1 aromatic heterocycles. The van der Waals surface area contributed by atoms with E-state index in [9.17, 15) is 0 Å². The second kappa shape index (κ2) is 6.05. The molecule has 1 aliphatic heterocycles. The second-order valence-electron chi connectivity index (χ2n) is 5.59. The van der Waals surface area contributed by atoms with E-state index >= 15 is 0 Å². The lowest BCUT2D eigenvalue weighted by molar-refractivity contribution is 0.462. The van der Waals surface area contributed by atoms with E-state index in [-0.39, 0.29) is 0 Å². The summed E-state index contributed by atoms with van der Waals surface area (Å²) in [7, 11) is 0. The van der Waals surface area contributed by atoms with Crippen LogP contribution in [0, 0.1) is 0 Å². The largest absolute Gasteiger partial charge is 0.439 e. The van der Waals surface area contributed by atoms with Crippen LogP contribution in [0.1, 0.15) is 32.3 Å². The van der Waals surface area contributed by atoms with Gasteiger partial charge in [0.05, 0.1) is 11.9 Å². The maximum Gasteiger partial charge on any atom is 0.219 e. The predicted octanol–water partition coefficient (Wildman–Crippen LogP) is 3.70. The van der Waals surface area contributed by atoms with Crippen molar-refractivity contribution in [3.8, 4) is 11.6 Å². The molecule has 5 heteroatoms. The molecular weight excluding hydrogens is 276 g/mol. The standard InChI is InChI=1S/C17H20N4O/c1-12(2)14-5-4-6-16(9-14)22-17-8-7-15(10-18-17)21-11-19-20-13(21)3/h4-10,12,19H,11H2,1-3H3. The molecule has 1 N–H and O–H groups in total. The predicted molar refractivity (Wildman–Crippen MR) is 88.4 cm³/mol. The molecule has 2 aromatic rings. The molecule has 0 unspecified atom stereocenters. The van der Waals surface area contributed by atoms with E-state index in [2.05, 4.69) is 46.4 Å². The first-order chi connectivity index (χ1) is 10.6. The van der Waals surface area contributed by atoms with Gasteiger partial charge in [-0.1, -0.05) is 26.0 Å². The summed E-state index contributed by atoms with van der Waals surface area (Å²) in [6.45, 7) is 6.96. The minimum absolute atomic E-state index is 0.476. The molecular formula is C17H20N4O. The van der Waals surface area contributed by atoms with Gasteiger partial charge in [-0.3, -0.25) is 5.43 Å². The number of hydrogen-bond donors (Lipinski definition) is 1. The molecule has 0 amide bonds. The lowest BCUT2D eigenvalue weighted by Crippen LogP contribution is -2.27. The molecule has 2 heterocycles. The molecule has 0 saturated carbocycles. The number of pyridine rings is 1. The van der Waals surface area contributed by atoms with Crippen LogP contribution < -0.4 is 15.1 Å². The van der Waals surface area contributed by atoms with Crippen LogP contribution >= 0.6 is 0 Å². The van der Waals surface area contributed by atoms with Crippen LogP contribution in [0.25, 0.3) is 0 Å². The fraction of sp³-hybridized carbons (Fsp3) is 0.294. The van der Waals surface area contributed by atoms with Gasteiger partial charge in [0, 0.05) is 6.07 Å². The summed E-state index contributed by atoms with van der Waals surface area (Å²) in [4.78, 5) is 6.43. The zero-order valence-corrected chi connectivity index (χ0v) is 13.1. The van der Waals surface area contributed by atoms with Gasteiger partial charge in [0.1, 0.15) is 18.3 Å². The van der Waals surface area contributed by atoms with Gasteiger partial charge >= 0.3 is 0 Å². The molecule has 1 aromatic carbocycles. The van der Waals surface area contributed by atoms with Gasteiger partial charge in [0.15, 0.2) is 0 Å². The Morgan fingerprint density at radius 2 is 2.09 bits per heavy atom. The summed E-state index contributed by atoms with van der Waals surface area (Å²) in [5, 5.41) is 4.14. The molecule has 0 bridgehead atoms. The number of hydrogen-bond acceptors (Lipinski definition) is 5. The van der Waals surface area contributed by atoms with Gasteiger partial charge in [-0.05, 0) is 36.6 Å². The van der Waals surface area contributed by atoms with E-state index < -0.39 is 0 Å². The van der Waals surface area contributed by atoms with Crippen molar-refractivity contribution in [2.45, 2.75) is 26.7 Å². The van der Waals surface area contributed by atoms with Crippen LogP contribution in [-0.4, -0.2) is 17.5 Å². The Kier molecular flexibility index (Phi) is 3.96. The topological polar surface area (TPSA) is 49.8 Å². The third-order valence-electron chi connectivity index (χ3n) is 3.64. The van der Waals surface area contributed by atoms with E-state index in [1.54, 1.807) is 6.20 Å². The Balaban J connectivity index is 1.74. The third-order valence-corrected chi connectivity index (χ3v) is 3.64. The first-order valence-corrected chi connectivity index (χ1v) is 7.42. The number of hydrazone groups is 1. The molecule has 22 heavy (non-hydrogen) atoms. The number of benzene rings is 1. The molecule has 0 fully saturated rings. The number of anilines is 1. The molecule has 0 saturated heterocycles. The van der Waals surface area contributed by atoms with Gasteiger partial charge < -0.3 is 9.64 Å². The fourth-order valence-electron chi connectivity index (χ4n) is 2.32. The van der Waals surface area contributed by atoms with Crippen LogP contribution in [0.15, 0.2) is 47.7 Å². The summed E-state index contributed by atoms with van der Waals surface area (Å²) in [5.74, 6) is 2.81. The number of nitrogens with zero attached hydrogens (tertiary/aromatic N) is 3. The highest BCUT2D eigenvalue weighted by molar-refractivity contribution is 5.96.